The molecule has 1 rings (SSSR count). The third-order valence-corrected chi connectivity index (χ3v) is 1.68. The van der Waals surface area contributed by atoms with Gasteiger partial charge in [-0.05, 0) is 5.53 Å². The summed E-state index contributed by atoms with van der Waals surface area (Å²) in [5, 5.41) is 12.4. The lowest BCUT2D eigenvalue weighted by atomic mass is 10.1. The fourth-order valence-corrected chi connectivity index (χ4v) is 0.992. The highest BCUT2D eigenvalue weighted by molar-refractivity contribution is 5.99. The van der Waals surface area contributed by atoms with Crippen molar-refractivity contribution in [1.82, 2.24) is 0 Å². The van der Waals surface area contributed by atoms with Gasteiger partial charge in [-0.1, -0.05) is 35.4 Å². The molecule has 0 saturated heterocycles. The van der Waals surface area contributed by atoms with E-state index in [0.717, 1.165) is 0 Å². The van der Waals surface area contributed by atoms with E-state index in [1.54, 1.807) is 30.3 Å². The van der Waals surface area contributed by atoms with Gasteiger partial charge in [0.2, 0.25) is 0 Å². The molecule has 0 fully saturated rings. The van der Waals surface area contributed by atoms with Crippen LogP contribution >= 0.6 is 0 Å². The van der Waals surface area contributed by atoms with Gasteiger partial charge < -0.3 is 5.11 Å². The lowest BCUT2D eigenvalue weighted by molar-refractivity contribution is 0.0763. The van der Waals surface area contributed by atoms with Gasteiger partial charge in [0, 0.05) is 10.5 Å². The fraction of sp³-hybridized carbons (Fsp3) is 0.222. The Morgan fingerprint density at radius 2 is 2.14 bits per heavy atom. The van der Waals surface area contributed by atoms with E-state index >= 15 is 0 Å². The minimum atomic E-state index is -1.26. The number of ketones is 1. The molecular formula is C9H9N3O2. The Balaban J connectivity index is 2.70. The van der Waals surface area contributed by atoms with Crippen LogP contribution in [0.25, 0.3) is 10.4 Å². The average Bonchev–Trinajstić information content (AvgIpc) is 2.26. The molecule has 5 nitrogen and oxygen atoms in total. The van der Waals surface area contributed by atoms with Crippen LogP contribution in [0.3, 0.4) is 0 Å². The van der Waals surface area contributed by atoms with Crippen molar-refractivity contribution in [3.8, 4) is 0 Å². The molecule has 1 atom stereocenters. The lowest BCUT2D eigenvalue weighted by Gasteiger charge is -2.05. The van der Waals surface area contributed by atoms with Crippen LogP contribution in [-0.2, 0) is 0 Å². The van der Waals surface area contributed by atoms with Crippen molar-refractivity contribution in [2.24, 2.45) is 5.11 Å². The minimum Gasteiger partial charge on any atom is -0.385 e. The van der Waals surface area contributed by atoms with Gasteiger partial charge >= 0.3 is 0 Å². The molecule has 1 aromatic rings. The van der Waals surface area contributed by atoms with E-state index in [0.29, 0.717) is 5.56 Å². The summed E-state index contributed by atoms with van der Waals surface area (Å²) in [4.78, 5) is 13.9. The van der Waals surface area contributed by atoms with E-state index in [1.165, 1.54) is 0 Å². The maximum absolute atomic E-state index is 11.4. The van der Waals surface area contributed by atoms with Crippen LogP contribution in [0, 0.1) is 0 Å². The van der Waals surface area contributed by atoms with Gasteiger partial charge in [0.15, 0.2) is 5.78 Å². The molecule has 72 valence electrons. The number of hydrogen-bond donors (Lipinski definition) is 1. The smallest absolute Gasteiger partial charge is 0.191 e. The van der Waals surface area contributed by atoms with Gasteiger partial charge in [-0.3, -0.25) is 4.79 Å². The second kappa shape index (κ2) is 5.01. The molecular weight excluding hydrogens is 182 g/mol. The average molecular weight is 191 g/mol. The van der Waals surface area contributed by atoms with Crippen LogP contribution in [0.1, 0.15) is 10.4 Å². The topological polar surface area (TPSA) is 86.1 Å². The van der Waals surface area contributed by atoms with Crippen LogP contribution in [0.15, 0.2) is 35.4 Å². The first-order valence-electron chi connectivity index (χ1n) is 4.04. The highest BCUT2D eigenvalue weighted by Crippen LogP contribution is 2.03. The number of rotatable bonds is 4. The zero-order chi connectivity index (χ0) is 10.4. The summed E-state index contributed by atoms with van der Waals surface area (Å²) in [7, 11) is 0. The van der Waals surface area contributed by atoms with Crippen molar-refractivity contribution in [2.75, 3.05) is 6.54 Å². The number of carbonyl (C=O) groups excluding carboxylic acids is 1. The molecule has 5 heteroatoms. The quantitative estimate of drug-likeness (QED) is 0.338. The number of hydrogen-bond acceptors (Lipinski definition) is 3. The minimum absolute atomic E-state index is 0.232. The summed E-state index contributed by atoms with van der Waals surface area (Å²) in [5.74, 6) is -0.432. The third-order valence-electron chi connectivity index (χ3n) is 1.68. The maximum Gasteiger partial charge on any atom is 0.191 e. The first-order chi connectivity index (χ1) is 6.75. The number of carbonyl (C=O) groups is 1. The SMILES string of the molecule is [N-]=[N+]=NCC(O)C(=O)c1ccccc1. The molecule has 0 aliphatic heterocycles. The molecule has 0 aromatic heterocycles. The Morgan fingerprint density at radius 3 is 2.71 bits per heavy atom. The third kappa shape index (κ3) is 2.58. The van der Waals surface area contributed by atoms with Gasteiger partial charge in [-0.2, -0.15) is 0 Å². The second-order valence-electron chi connectivity index (χ2n) is 2.66. The van der Waals surface area contributed by atoms with E-state index in [1.807, 2.05) is 0 Å². The summed E-state index contributed by atoms with van der Waals surface area (Å²) >= 11 is 0. The standard InChI is InChI=1S/C9H9N3O2/c10-12-11-6-8(13)9(14)7-4-2-1-3-5-7/h1-5,8,13H,6H2. The number of nitrogens with zero attached hydrogens (tertiary/aromatic N) is 3. The number of Topliss-reactive ketones (excluding diaryl/α,β-unsaturated/α-hetero) is 1. The Labute approximate surface area is 80.6 Å². The molecule has 0 bridgehead atoms. The van der Waals surface area contributed by atoms with E-state index < -0.39 is 11.9 Å². The van der Waals surface area contributed by atoms with Crippen molar-refractivity contribution in [1.29, 1.82) is 0 Å². The van der Waals surface area contributed by atoms with Gasteiger partial charge in [-0.25, -0.2) is 0 Å². The number of benzene rings is 1. The zero-order valence-electron chi connectivity index (χ0n) is 7.37. The van der Waals surface area contributed by atoms with Crippen LogP contribution in [0.5, 0.6) is 0 Å². The van der Waals surface area contributed by atoms with Crippen molar-refractivity contribution in [3.63, 3.8) is 0 Å². The highest BCUT2D eigenvalue weighted by Gasteiger charge is 2.15. The van der Waals surface area contributed by atoms with Crippen molar-refractivity contribution >= 4 is 5.78 Å². The maximum atomic E-state index is 11.4. The van der Waals surface area contributed by atoms with Crippen LogP contribution < -0.4 is 0 Å². The van der Waals surface area contributed by atoms with Gasteiger partial charge in [0.1, 0.15) is 6.10 Å². The summed E-state index contributed by atoms with van der Waals surface area (Å²) in [6.45, 7) is -0.232. The summed E-state index contributed by atoms with van der Waals surface area (Å²) < 4.78 is 0. The van der Waals surface area contributed by atoms with Gasteiger partial charge in [0.25, 0.3) is 0 Å². The molecule has 0 heterocycles. The predicted molar refractivity (Wildman–Crippen MR) is 50.8 cm³/mol. The highest BCUT2D eigenvalue weighted by atomic mass is 16.3. The molecule has 0 spiro atoms. The predicted octanol–water partition coefficient (Wildman–Crippen LogP) is 1.54. The molecule has 14 heavy (non-hydrogen) atoms. The van der Waals surface area contributed by atoms with Crippen molar-refractivity contribution < 1.29 is 9.90 Å². The Kier molecular flexibility index (Phi) is 3.67. The summed E-state index contributed by atoms with van der Waals surface area (Å²) in [5.41, 5.74) is 8.41. The molecule has 1 N–H and O–H groups in total. The largest absolute Gasteiger partial charge is 0.385 e. The fourth-order valence-electron chi connectivity index (χ4n) is 0.992. The molecule has 0 saturated carbocycles. The first kappa shape index (κ1) is 10.2. The van der Waals surface area contributed by atoms with E-state index in [9.17, 15) is 9.90 Å². The normalized spacial score (nSPS) is 11.5. The monoisotopic (exact) mass is 191 g/mol. The van der Waals surface area contributed by atoms with E-state index in [4.69, 9.17) is 5.53 Å². The molecule has 0 aliphatic carbocycles. The van der Waals surface area contributed by atoms with Crippen LogP contribution in [0.4, 0.5) is 0 Å². The Morgan fingerprint density at radius 1 is 1.50 bits per heavy atom. The number of azide groups is 1. The van der Waals surface area contributed by atoms with Crippen molar-refractivity contribution in [2.45, 2.75) is 6.10 Å². The molecule has 0 aliphatic rings. The van der Waals surface area contributed by atoms with Gasteiger partial charge in [-0.15, -0.1) is 0 Å². The van der Waals surface area contributed by atoms with Gasteiger partial charge in [0.05, 0.1) is 6.54 Å². The van der Waals surface area contributed by atoms with E-state index in [-0.39, 0.29) is 6.54 Å². The Bertz CT molecular complexity index is 358. The number of aliphatic hydroxyl groups is 1. The van der Waals surface area contributed by atoms with Crippen molar-refractivity contribution in [3.05, 3.63) is 46.3 Å². The Hall–Kier alpha value is -1.84. The lowest BCUT2D eigenvalue weighted by Crippen LogP contribution is -2.23. The van der Waals surface area contributed by atoms with Crippen LogP contribution in [0.2, 0.25) is 0 Å². The first-order valence-corrected chi connectivity index (χ1v) is 4.04. The molecule has 0 radical (unpaired) electrons. The summed E-state index contributed by atoms with van der Waals surface area (Å²) in [6, 6.07) is 8.38. The zero-order valence-corrected chi connectivity index (χ0v) is 7.37. The van der Waals surface area contributed by atoms with E-state index in [2.05, 4.69) is 10.0 Å². The molecule has 1 aromatic carbocycles. The number of aliphatic hydroxyl groups excluding tert-OH is 1. The van der Waals surface area contributed by atoms with Crippen LogP contribution in [-0.4, -0.2) is 23.5 Å². The molecule has 0 amide bonds. The molecule has 1 unspecified atom stereocenters. The summed E-state index contributed by atoms with van der Waals surface area (Å²) in [6.07, 6.45) is -1.26. The second-order valence-corrected chi connectivity index (χ2v) is 2.66.